The SMILES string of the molecule is CNc1ccc(C(=O)N[C@H]2CCC[C@H](C(=O)N(C)C)C2)cn1. The van der Waals surface area contributed by atoms with Gasteiger partial charge in [-0.05, 0) is 31.4 Å². The van der Waals surface area contributed by atoms with Crippen LogP contribution in [0, 0.1) is 5.92 Å². The molecule has 1 heterocycles. The maximum Gasteiger partial charge on any atom is 0.253 e. The Kier molecular flexibility index (Phi) is 5.35. The van der Waals surface area contributed by atoms with Gasteiger partial charge >= 0.3 is 0 Å². The van der Waals surface area contributed by atoms with Crippen molar-refractivity contribution in [3.8, 4) is 0 Å². The van der Waals surface area contributed by atoms with Crippen molar-refractivity contribution >= 4 is 17.6 Å². The number of carbonyl (C=O) groups excluding carboxylic acids is 2. The number of nitrogens with zero attached hydrogens (tertiary/aromatic N) is 2. The summed E-state index contributed by atoms with van der Waals surface area (Å²) in [6, 6.07) is 3.58. The normalized spacial score (nSPS) is 21.0. The molecule has 6 heteroatoms. The molecule has 1 aromatic heterocycles. The first-order chi connectivity index (χ1) is 10.5. The van der Waals surface area contributed by atoms with Gasteiger partial charge in [0.1, 0.15) is 5.82 Å². The van der Waals surface area contributed by atoms with Gasteiger partial charge in [0.2, 0.25) is 5.91 Å². The van der Waals surface area contributed by atoms with E-state index in [2.05, 4.69) is 15.6 Å². The van der Waals surface area contributed by atoms with Crippen LogP contribution in [0.5, 0.6) is 0 Å². The lowest BCUT2D eigenvalue weighted by molar-refractivity contribution is -0.134. The van der Waals surface area contributed by atoms with E-state index in [1.165, 1.54) is 0 Å². The number of pyridine rings is 1. The number of nitrogens with one attached hydrogen (secondary N) is 2. The summed E-state index contributed by atoms with van der Waals surface area (Å²) >= 11 is 0. The lowest BCUT2D eigenvalue weighted by Gasteiger charge is -2.30. The molecule has 0 spiro atoms. The van der Waals surface area contributed by atoms with Crippen LogP contribution in [-0.4, -0.2) is 48.9 Å². The zero-order valence-electron chi connectivity index (χ0n) is 13.4. The van der Waals surface area contributed by atoms with Crippen molar-refractivity contribution in [3.63, 3.8) is 0 Å². The lowest BCUT2D eigenvalue weighted by Crippen LogP contribution is -2.42. The van der Waals surface area contributed by atoms with E-state index in [1.807, 2.05) is 0 Å². The van der Waals surface area contributed by atoms with Crippen LogP contribution in [0.2, 0.25) is 0 Å². The van der Waals surface area contributed by atoms with Gasteiger partial charge < -0.3 is 15.5 Å². The second kappa shape index (κ2) is 7.24. The number of carbonyl (C=O) groups is 2. The Morgan fingerprint density at radius 3 is 2.64 bits per heavy atom. The molecule has 0 radical (unpaired) electrons. The summed E-state index contributed by atoms with van der Waals surface area (Å²) in [5, 5.41) is 5.94. The van der Waals surface area contributed by atoms with Crippen molar-refractivity contribution < 1.29 is 9.59 Å². The van der Waals surface area contributed by atoms with E-state index in [1.54, 1.807) is 44.4 Å². The predicted octanol–water partition coefficient (Wildman–Crippen LogP) is 1.50. The highest BCUT2D eigenvalue weighted by Gasteiger charge is 2.29. The van der Waals surface area contributed by atoms with Crippen molar-refractivity contribution in [1.82, 2.24) is 15.2 Å². The fourth-order valence-electron chi connectivity index (χ4n) is 2.86. The summed E-state index contributed by atoms with van der Waals surface area (Å²) < 4.78 is 0. The Balaban J connectivity index is 1.94. The molecule has 0 aliphatic heterocycles. The van der Waals surface area contributed by atoms with Crippen molar-refractivity contribution in [3.05, 3.63) is 23.9 Å². The van der Waals surface area contributed by atoms with Crippen LogP contribution in [0.25, 0.3) is 0 Å². The standard InChI is InChI=1S/C16H24N4O2/c1-17-14-8-7-12(10-18-14)15(21)19-13-6-4-5-11(9-13)16(22)20(2)3/h7-8,10-11,13H,4-6,9H2,1-3H3,(H,17,18)(H,19,21)/t11-,13-/m0/s1. The molecule has 0 saturated heterocycles. The second-order valence-electron chi connectivity index (χ2n) is 5.95. The van der Waals surface area contributed by atoms with Gasteiger partial charge in [-0.1, -0.05) is 6.42 Å². The zero-order valence-corrected chi connectivity index (χ0v) is 13.4. The summed E-state index contributed by atoms with van der Waals surface area (Å²) in [6.07, 6.45) is 5.07. The Bertz CT molecular complexity index is 527. The maximum absolute atomic E-state index is 12.3. The molecule has 1 fully saturated rings. The minimum Gasteiger partial charge on any atom is -0.373 e. The van der Waals surface area contributed by atoms with Gasteiger partial charge in [0.25, 0.3) is 5.91 Å². The highest BCUT2D eigenvalue weighted by Crippen LogP contribution is 2.25. The third kappa shape index (κ3) is 3.96. The first-order valence-corrected chi connectivity index (χ1v) is 7.67. The molecule has 0 bridgehead atoms. The first kappa shape index (κ1) is 16.3. The van der Waals surface area contributed by atoms with Crippen LogP contribution in [0.1, 0.15) is 36.0 Å². The minimum atomic E-state index is -0.127. The fraction of sp³-hybridized carbons (Fsp3) is 0.562. The number of hydrogen-bond donors (Lipinski definition) is 2. The molecule has 120 valence electrons. The molecule has 2 atom stereocenters. The molecule has 2 amide bonds. The van der Waals surface area contributed by atoms with Crippen LogP contribution in [-0.2, 0) is 4.79 Å². The van der Waals surface area contributed by atoms with Crippen molar-refractivity contribution in [1.29, 1.82) is 0 Å². The largest absolute Gasteiger partial charge is 0.373 e. The molecule has 2 N–H and O–H groups in total. The molecule has 1 aromatic rings. The third-order valence-corrected chi connectivity index (χ3v) is 4.08. The number of aromatic nitrogens is 1. The fourth-order valence-corrected chi connectivity index (χ4v) is 2.86. The van der Waals surface area contributed by atoms with Gasteiger partial charge in [0.15, 0.2) is 0 Å². The average Bonchev–Trinajstić information content (AvgIpc) is 2.54. The summed E-state index contributed by atoms with van der Waals surface area (Å²) in [5.74, 6) is 0.766. The Labute approximate surface area is 131 Å². The van der Waals surface area contributed by atoms with Crippen molar-refractivity contribution in [2.24, 2.45) is 5.92 Å². The molecule has 1 aliphatic carbocycles. The van der Waals surface area contributed by atoms with Crippen molar-refractivity contribution in [2.75, 3.05) is 26.5 Å². The van der Waals surface area contributed by atoms with E-state index in [4.69, 9.17) is 0 Å². The maximum atomic E-state index is 12.3. The van der Waals surface area contributed by atoms with Crippen LogP contribution >= 0.6 is 0 Å². The van der Waals surface area contributed by atoms with Gasteiger partial charge in [-0.25, -0.2) is 4.98 Å². The molecule has 1 saturated carbocycles. The monoisotopic (exact) mass is 304 g/mol. The second-order valence-corrected chi connectivity index (χ2v) is 5.95. The molecule has 2 rings (SSSR count). The van der Waals surface area contributed by atoms with E-state index in [0.717, 1.165) is 25.1 Å². The van der Waals surface area contributed by atoms with Crippen LogP contribution < -0.4 is 10.6 Å². The molecule has 22 heavy (non-hydrogen) atoms. The summed E-state index contributed by atoms with van der Waals surface area (Å²) in [7, 11) is 5.34. The lowest BCUT2D eigenvalue weighted by atomic mass is 9.84. The van der Waals surface area contributed by atoms with Gasteiger partial charge in [0.05, 0.1) is 5.56 Å². The number of hydrogen-bond acceptors (Lipinski definition) is 4. The molecule has 0 unspecified atom stereocenters. The summed E-state index contributed by atoms with van der Waals surface area (Å²) in [4.78, 5) is 30.1. The number of anilines is 1. The van der Waals surface area contributed by atoms with E-state index in [9.17, 15) is 9.59 Å². The van der Waals surface area contributed by atoms with Crippen LogP contribution in [0.4, 0.5) is 5.82 Å². The van der Waals surface area contributed by atoms with Gasteiger partial charge in [0, 0.05) is 39.3 Å². The highest BCUT2D eigenvalue weighted by molar-refractivity contribution is 5.94. The molecular formula is C16H24N4O2. The first-order valence-electron chi connectivity index (χ1n) is 7.67. The predicted molar refractivity (Wildman–Crippen MR) is 85.7 cm³/mol. The summed E-state index contributed by atoms with van der Waals surface area (Å²) in [6.45, 7) is 0. The van der Waals surface area contributed by atoms with Gasteiger partial charge in [-0.15, -0.1) is 0 Å². The van der Waals surface area contributed by atoms with E-state index in [0.29, 0.717) is 12.0 Å². The third-order valence-electron chi connectivity index (χ3n) is 4.08. The molecular weight excluding hydrogens is 280 g/mol. The topological polar surface area (TPSA) is 74.3 Å². The number of rotatable bonds is 4. The van der Waals surface area contributed by atoms with E-state index in [-0.39, 0.29) is 23.8 Å². The number of amides is 2. The van der Waals surface area contributed by atoms with Gasteiger partial charge in [-0.3, -0.25) is 9.59 Å². The smallest absolute Gasteiger partial charge is 0.253 e. The molecule has 6 nitrogen and oxygen atoms in total. The quantitative estimate of drug-likeness (QED) is 0.884. The average molecular weight is 304 g/mol. The van der Waals surface area contributed by atoms with Crippen molar-refractivity contribution in [2.45, 2.75) is 31.7 Å². The Morgan fingerprint density at radius 2 is 2.05 bits per heavy atom. The minimum absolute atomic E-state index is 0.0128. The van der Waals surface area contributed by atoms with Crippen LogP contribution in [0.3, 0.4) is 0 Å². The molecule has 1 aliphatic rings. The Morgan fingerprint density at radius 1 is 1.27 bits per heavy atom. The van der Waals surface area contributed by atoms with Crippen LogP contribution in [0.15, 0.2) is 18.3 Å². The van der Waals surface area contributed by atoms with E-state index >= 15 is 0 Å². The Hall–Kier alpha value is -2.11. The highest BCUT2D eigenvalue weighted by atomic mass is 16.2. The zero-order chi connectivity index (χ0) is 16.1. The summed E-state index contributed by atoms with van der Waals surface area (Å²) in [5.41, 5.74) is 0.542. The van der Waals surface area contributed by atoms with Gasteiger partial charge in [-0.2, -0.15) is 0 Å². The van der Waals surface area contributed by atoms with E-state index < -0.39 is 0 Å². The molecule has 0 aromatic carbocycles.